The molecule has 0 aromatic heterocycles. The Kier molecular flexibility index (Phi) is 4.88. The molecule has 3 nitrogen and oxygen atoms in total. The standard InChI is InChI=1S/C14H19ClN2O/c15-12-7-3-4-8-13(12)16-11-14(18)17-9-5-1-2-6-10-17/h3-4,7-8,16H,1-2,5-6,9-11H2. The number of carbonyl (C=O) groups excluding carboxylic acids is 1. The lowest BCUT2D eigenvalue weighted by atomic mass is 10.2. The third-order valence-corrected chi connectivity index (χ3v) is 3.59. The Hall–Kier alpha value is -1.22. The molecule has 0 radical (unpaired) electrons. The summed E-state index contributed by atoms with van der Waals surface area (Å²) in [7, 11) is 0. The number of likely N-dealkylation sites (tertiary alicyclic amines) is 1. The smallest absolute Gasteiger partial charge is 0.241 e. The molecule has 1 amide bonds. The van der Waals surface area contributed by atoms with Crippen LogP contribution in [0.4, 0.5) is 5.69 Å². The Labute approximate surface area is 113 Å². The summed E-state index contributed by atoms with van der Waals surface area (Å²) in [4.78, 5) is 14.0. The maximum absolute atomic E-state index is 12.1. The van der Waals surface area contributed by atoms with E-state index >= 15 is 0 Å². The van der Waals surface area contributed by atoms with Crippen molar-refractivity contribution in [2.24, 2.45) is 0 Å². The van der Waals surface area contributed by atoms with Gasteiger partial charge in [0.25, 0.3) is 0 Å². The minimum atomic E-state index is 0.164. The molecule has 0 atom stereocenters. The molecule has 1 aliphatic rings. The van der Waals surface area contributed by atoms with Gasteiger partial charge >= 0.3 is 0 Å². The highest BCUT2D eigenvalue weighted by molar-refractivity contribution is 6.33. The Morgan fingerprint density at radius 3 is 2.50 bits per heavy atom. The van der Waals surface area contributed by atoms with Gasteiger partial charge in [-0.1, -0.05) is 36.6 Å². The maximum Gasteiger partial charge on any atom is 0.241 e. The van der Waals surface area contributed by atoms with Gasteiger partial charge in [0.1, 0.15) is 0 Å². The fraction of sp³-hybridized carbons (Fsp3) is 0.500. The summed E-state index contributed by atoms with van der Waals surface area (Å²) in [5.74, 6) is 0.164. The quantitative estimate of drug-likeness (QED) is 0.912. The van der Waals surface area contributed by atoms with Gasteiger partial charge in [-0.2, -0.15) is 0 Å². The zero-order chi connectivity index (χ0) is 12.8. The lowest BCUT2D eigenvalue weighted by Gasteiger charge is -2.20. The summed E-state index contributed by atoms with van der Waals surface area (Å²) in [6.07, 6.45) is 4.72. The van der Waals surface area contributed by atoms with Crippen LogP contribution in [0.2, 0.25) is 5.02 Å². The first-order valence-electron chi connectivity index (χ1n) is 6.53. The zero-order valence-electron chi connectivity index (χ0n) is 10.5. The predicted molar refractivity (Wildman–Crippen MR) is 75.0 cm³/mol. The largest absolute Gasteiger partial charge is 0.375 e. The summed E-state index contributed by atoms with van der Waals surface area (Å²) < 4.78 is 0. The van der Waals surface area contributed by atoms with E-state index in [-0.39, 0.29) is 5.91 Å². The van der Waals surface area contributed by atoms with Crippen LogP contribution < -0.4 is 5.32 Å². The van der Waals surface area contributed by atoms with Crippen LogP contribution in [0.3, 0.4) is 0 Å². The molecule has 98 valence electrons. The predicted octanol–water partition coefficient (Wildman–Crippen LogP) is 3.15. The number of nitrogens with zero attached hydrogens (tertiary/aromatic N) is 1. The molecule has 4 heteroatoms. The van der Waals surface area contributed by atoms with Crippen LogP contribution in [0.25, 0.3) is 0 Å². The molecule has 0 unspecified atom stereocenters. The molecule has 0 spiro atoms. The number of hydrogen-bond donors (Lipinski definition) is 1. The molecule has 1 saturated heterocycles. The van der Waals surface area contributed by atoms with Gasteiger partial charge in [0, 0.05) is 13.1 Å². The van der Waals surface area contributed by atoms with Gasteiger partial charge in [0.05, 0.1) is 17.3 Å². The number of hydrogen-bond acceptors (Lipinski definition) is 2. The normalized spacial score (nSPS) is 16.2. The summed E-state index contributed by atoms with van der Waals surface area (Å²) >= 11 is 6.03. The molecule has 1 aromatic rings. The number of halogens is 1. The second-order valence-electron chi connectivity index (χ2n) is 4.63. The summed E-state index contributed by atoms with van der Waals surface area (Å²) in [6.45, 7) is 2.11. The van der Waals surface area contributed by atoms with Crippen molar-refractivity contribution >= 4 is 23.2 Å². The average Bonchev–Trinajstić information content (AvgIpc) is 2.66. The fourth-order valence-electron chi connectivity index (χ4n) is 2.21. The highest BCUT2D eigenvalue weighted by atomic mass is 35.5. The van der Waals surface area contributed by atoms with Crippen molar-refractivity contribution in [3.05, 3.63) is 29.3 Å². The van der Waals surface area contributed by atoms with Gasteiger partial charge in [-0.3, -0.25) is 4.79 Å². The molecule has 0 aliphatic carbocycles. The van der Waals surface area contributed by atoms with Crippen molar-refractivity contribution in [1.82, 2.24) is 4.90 Å². The molecule has 2 rings (SSSR count). The van der Waals surface area contributed by atoms with Crippen LogP contribution >= 0.6 is 11.6 Å². The zero-order valence-corrected chi connectivity index (χ0v) is 11.2. The van der Waals surface area contributed by atoms with Gasteiger partial charge in [-0.15, -0.1) is 0 Å². The highest BCUT2D eigenvalue weighted by Crippen LogP contribution is 2.20. The first-order chi connectivity index (χ1) is 8.77. The van der Waals surface area contributed by atoms with Crippen molar-refractivity contribution in [2.45, 2.75) is 25.7 Å². The number of benzene rings is 1. The van der Waals surface area contributed by atoms with Gasteiger partial charge in [-0.25, -0.2) is 0 Å². The lowest BCUT2D eigenvalue weighted by Crippen LogP contribution is -2.36. The van der Waals surface area contributed by atoms with Gasteiger partial charge in [0.2, 0.25) is 5.91 Å². The molecule has 1 N–H and O–H groups in total. The lowest BCUT2D eigenvalue weighted by molar-refractivity contribution is -0.129. The van der Waals surface area contributed by atoms with Gasteiger partial charge in [0.15, 0.2) is 0 Å². The monoisotopic (exact) mass is 266 g/mol. The van der Waals surface area contributed by atoms with E-state index < -0.39 is 0 Å². The van der Waals surface area contributed by atoms with Crippen molar-refractivity contribution in [3.63, 3.8) is 0 Å². The molecule has 1 fully saturated rings. The molecule has 1 aromatic carbocycles. The average molecular weight is 267 g/mol. The third kappa shape index (κ3) is 3.64. The van der Waals surface area contributed by atoms with Crippen LogP contribution in [0.15, 0.2) is 24.3 Å². The summed E-state index contributed by atoms with van der Waals surface area (Å²) in [6, 6.07) is 7.49. The topological polar surface area (TPSA) is 32.3 Å². The van der Waals surface area contributed by atoms with E-state index in [4.69, 9.17) is 11.6 Å². The van der Waals surface area contributed by atoms with Crippen molar-refractivity contribution in [1.29, 1.82) is 0 Å². The Balaban J connectivity index is 1.86. The second kappa shape index (κ2) is 6.64. The molecule has 1 aliphatic heterocycles. The van der Waals surface area contributed by atoms with E-state index in [1.165, 1.54) is 12.8 Å². The molecular formula is C14H19ClN2O. The van der Waals surface area contributed by atoms with E-state index in [0.717, 1.165) is 31.6 Å². The maximum atomic E-state index is 12.1. The molecule has 1 heterocycles. The number of para-hydroxylation sites is 1. The summed E-state index contributed by atoms with van der Waals surface area (Å²) in [5, 5.41) is 3.76. The van der Waals surface area contributed by atoms with Crippen LogP contribution in [0, 0.1) is 0 Å². The minimum absolute atomic E-state index is 0.164. The molecule has 0 bridgehead atoms. The van der Waals surface area contributed by atoms with E-state index in [1.807, 2.05) is 29.2 Å². The minimum Gasteiger partial charge on any atom is -0.375 e. The molecule has 0 saturated carbocycles. The Bertz CT molecular complexity index is 401. The second-order valence-corrected chi connectivity index (χ2v) is 5.04. The number of carbonyl (C=O) groups is 1. The Morgan fingerprint density at radius 2 is 1.83 bits per heavy atom. The van der Waals surface area contributed by atoms with E-state index in [2.05, 4.69) is 5.32 Å². The Morgan fingerprint density at radius 1 is 1.17 bits per heavy atom. The first kappa shape index (κ1) is 13.2. The number of rotatable bonds is 3. The highest BCUT2D eigenvalue weighted by Gasteiger charge is 2.15. The van der Waals surface area contributed by atoms with Crippen molar-refractivity contribution < 1.29 is 4.79 Å². The first-order valence-corrected chi connectivity index (χ1v) is 6.91. The fourth-order valence-corrected chi connectivity index (χ4v) is 2.41. The molecular weight excluding hydrogens is 248 g/mol. The van der Waals surface area contributed by atoms with Crippen LogP contribution in [0.5, 0.6) is 0 Å². The van der Waals surface area contributed by atoms with E-state index in [1.54, 1.807) is 0 Å². The SMILES string of the molecule is O=C(CNc1ccccc1Cl)N1CCCCCC1. The van der Waals surface area contributed by atoms with Crippen LogP contribution in [0.1, 0.15) is 25.7 Å². The molecule has 18 heavy (non-hydrogen) atoms. The number of amides is 1. The van der Waals surface area contributed by atoms with Crippen LogP contribution in [-0.4, -0.2) is 30.4 Å². The third-order valence-electron chi connectivity index (χ3n) is 3.26. The van der Waals surface area contributed by atoms with Crippen molar-refractivity contribution in [3.8, 4) is 0 Å². The van der Waals surface area contributed by atoms with E-state index in [9.17, 15) is 4.79 Å². The number of nitrogens with one attached hydrogen (secondary N) is 1. The number of anilines is 1. The van der Waals surface area contributed by atoms with E-state index in [0.29, 0.717) is 11.6 Å². The van der Waals surface area contributed by atoms with Gasteiger partial charge < -0.3 is 10.2 Å². The summed E-state index contributed by atoms with van der Waals surface area (Å²) in [5.41, 5.74) is 0.822. The van der Waals surface area contributed by atoms with Gasteiger partial charge in [-0.05, 0) is 25.0 Å². The van der Waals surface area contributed by atoms with Crippen molar-refractivity contribution in [2.75, 3.05) is 25.0 Å². The van der Waals surface area contributed by atoms with Crippen LogP contribution in [-0.2, 0) is 4.79 Å².